The number of benzene rings is 2. The number of thiazole rings is 1. The summed E-state index contributed by atoms with van der Waals surface area (Å²) in [7, 11) is -3.49. The molecule has 1 amide bonds. The van der Waals surface area contributed by atoms with Gasteiger partial charge in [0.25, 0.3) is 5.91 Å². The molecular weight excluding hydrogens is 394 g/mol. The molecular formula is C20H21N3O3S2. The van der Waals surface area contributed by atoms with Gasteiger partial charge in [-0.1, -0.05) is 23.8 Å². The predicted molar refractivity (Wildman–Crippen MR) is 111 cm³/mol. The molecule has 0 unspecified atom stereocenters. The Morgan fingerprint density at radius 3 is 2.50 bits per heavy atom. The lowest BCUT2D eigenvalue weighted by Crippen LogP contribution is -2.35. The van der Waals surface area contributed by atoms with Crippen molar-refractivity contribution >= 4 is 42.6 Å². The van der Waals surface area contributed by atoms with Crippen molar-refractivity contribution in [1.29, 1.82) is 0 Å². The minimum absolute atomic E-state index is 0.224. The number of hydrogen-bond acceptors (Lipinski definition) is 5. The summed E-state index contributed by atoms with van der Waals surface area (Å²) in [6.45, 7) is 3.13. The number of amides is 1. The van der Waals surface area contributed by atoms with Gasteiger partial charge in [0, 0.05) is 18.7 Å². The highest BCUT2D eigenvalue weighted by atomic mass is 32.2. The number of anilines is 1. The third kappa shape index (κ3) is 3.80. The van der Waals surface area contributed by atoms with Crippen molar-refractivity contribution in [1.82, 2.24) is 9.29 Å². The van der Waals surface area contributed by atoms with Crippen LogP contribution in [-0.4, -0.2) is 36.7 Å². The van der Waals surface area contributed by atoms with Crippen molar-refractivity contribution in [2.75, 3.05) is 18.4 Å². The minimum Gasteiger partial charge on any atom is -0.298 e. The van der Waals surface area contributed by atoms with Gasteiger partial charge in [-0.2, -0.15) is 4.31 Å². The minimum atomic E-state index is -3.49. The normalized spacial score (nSPS) is 15.6. The van der Waals surface area contributed by atoms with Crippen molar-refractivity contribution < 1.29 is 13.2 Å². The van der Waals surface area contributed by atoms with Crippen molar-refractivity contribution in [3.63, 3.8) is 0 Å². The number of nitrogens with one attached hydrogen (secondary N) is 1. The molecule has 6 nitrogen and oxygen atoms in total. The number of nitrogens with zero attached hydrogens (tertiary/aromatic N) is 2. The molecule has 8 heteroatoms. The van der Waals surface area contributed by atoms with Crippen LogP contribution in [0.1, 0.15) is 35.2 Å². The highest BCUT2D eigenvalue weighted by molar-refractivity contribution is 7.89. The molecule has 1 fully saturated rings. The first kappa shape index (κ1) is 19.0. The first-order chi connectivity index (χ1) is 13.4. The summed E-state index contributed by atoms with van der Waals surface area (Å²) in [5.41, 5.74) is 2.38. The van der Waals surface area contributed by atoms with E-state index in [4.69, 9.17) is 0 Å². The number of rotatable bonds is 4. The van der Waals surface area contributed by atoms with E-state index >= 15 is 0 Å². The number of aryl methyl sites for hydroxylation is 1. The van der Waals surface area contributed by atoms with Gasteiger partial charge in [-0.05, 0) is 61.7 Å². The molecule has 0 radical (unpaired) electrons. The summed E-state index contributed by atoms with van der Waals surface area (Å²) in [6.07, 6.45) is 2.85. The Hall–Kier alpha value is -2.29. The van der Waals surface area contributed by atoms with E-state index in [1.54, 1.807) is 12.1 Å². The van der Waals surface area contributed by atoms with Gasteiger partial charge in [0.2, 0.25) is 10.0 Å². The van der Waals surface area contributed by atoms with E-state index in [0.29, 0.717) is 23.8 Å². The molecule has 2 aromatic carbocycles. The summed E-state index contributed by atoms with van der Waals surface area (Å²) >= 11 is 1.42. The number of carbonyl (C=O) groups excluding carboxylic acids is 1. The molecule has 2 heterocycles. The molecule has 1 saturated heterocycles. The second-order valence-corrected chi connectivity index (χ2v) is 9.90. The standard InChI is InChI=1S/C20H21N3O3S2/c1-14-5-10-17-18(13-14)27-20(21-17)22-19(24)15-6-8-16(9-7-15)28(25,26)23-11-3-2-4-12-23/h5-10,13H,2-4,11-12H2,1H3,(H,21,22,24). The van der Waals surface area contributed by atoms with Crippen LogP contribution in [0.3, 0.4) is 0 Å². The van der Waals surface area contributed by atoms with Gasteiger partial charge in [-0.3, -0.25) is 10.1 Å². The van der Waals surface area contributed by atoms with Crippen LogP contribution in [-0.2, 0) is 10.0 Å². The van der Waals surface area contributed by atoms with Gasteiger partial charge in [-0.25, -0.2) is 13.4 Å². The molecule has 3 aromatic rings. The number of sulfonamides is 1. The van der Waals surface area contributed by atoms with E-state index in [0.717, 1.165) is 35.0 Å². The molecule has 0 spiro atoms. The van der Waals surface area contributed by atoms with Gasteiger partial charge in [0.05, 0.1) is 15.1 Å². The largest absolute Gasteiger partial charge is 0.298 e. The van der Waals surface area contributed by atoms with Gasteiger partial charge >= 0.3 is 0 Å². The zero-order valence-corrected chi connectivity index (χ0v) is 17.1. The third-order valence-corrected chi connectivity index (χ3v) is 7.68. The second kappa shape index (κ2) is 7.62. The van der Waals surface area contributed by atoms with Gasteiger partial charge in [-0.15, -0.1) is 0 Å². The summed E-state index contributed by atoms with van der Waals surface area (Å²) in [5.74, 6) is -0.308. The Morgan fingerprint density at radius 2 is 1.79 bits per heavy atom. The summed E-state index contributed by atoms with van der Waals surface area (Å²) in [4.78, 5) is 17.2. The molecule has 28 heavy (non-hydrogen) atoms. The number of hydrogen-bond donors (Lipinski definition) is 1. The second-order valence-electron chi connectivity index (χ2n) is 6.93. The van der Waals surface area contributed by atoms with Crippen LogP contribution in [0.2, 0.25) is 0 Å². The Labute approximate surface area is 168 Å². The number of aromatic nitrogens is 1. The predicted octanol–water partition coefficient (Wildman–Crippen LogP) is 4.03. The number of fused-ring (bicyclic) bond motifs is 1. The Bertz CT molecular complexity index is 1120. The fourth-order valence-corrected chi connectivity index (χ4v) is 5.76. The first-order valence-corrected chi connectivity index (χ1v) is 11.5. The average Bonchev–Trinajstić information content (AvgIpc) is 3.10. The van der Waals surface area contributed by atoms with E-state index in [9.17, 15) is 13.2 Å². The van der Waals surface area contributed by atoms with Crippen molar-refractivity contribution in [3.8, 4) is 0 Å². The zero-order valence-electron chi connectivity index (χ0n) is 15.5. The highest BCUT2D eigenvalue weighted by Gasteiger charge is 2.26. The molecule has 1 aliphatic rings. The zero-order chi connectivity index (χ0) is 19.7. The Kier molecular flexibility index (Phi) is 5.18. The number of piperidine rings is 1. The molecule has 4 rings (SSSR count). The first-order valence-electron chi connectivity index (χ1n) is 9.22. The maximum atomic E-state index is 12.7. The highest BCUT2D eigenvalue weighted by Crippen LogP contribution is 2.27. The van der Waals surface area contributed by atoms with Crippen LogP contribution in [0.15, 0.2) is 47.4 Å². The Balaban J connectivity index is 1.50. The summed E-state index contributed by atoms with van der Waals surface area (Å²) in [6, 6.07) is 12.0. The topological polar surface area (TPSA) is 79.4 Å². The van der Waals surface area contributed by atoms with Crippen LogP contribution in [0.5, 0.6) is 0 Å². The average molecular weight is 416 g/mol. The van der Waals surface area contributed by atoms with Crippen molar-refractivity contribution in [2.24, 2.45) is 0 Å². The van der Waals surface area contributed by atoms with Crippen LogP contribution in [0.4, 0.5) is 5.13 Å². The lowest BCUT2D eigenvalue weighted by atomic mass is 10.2. The molecule has 1 aliphatic heterocycles. The monoisotopic (exact) mass is 415 g/mol. The van der Waals surface area contributed by atoms with Crippen molar-refractivity contribution in [2.45, 2.75) is 31.1 Å². The third-order valence-electron chi connectivity index (χ3n) is 4.83. The molecule has 146 valence electrons. The van der Waals surface area contributed by atoms with E-state index in [1.807, 2.05) is 25.1 Å². The molecule has 0 aliphatic carbocycles. The summed E-state index contributed by atoms with van der Waals surface area (Å²) in [5, 5.41) is 3.32. The van der Waals surface area contributed by atoms with Gasteiger partial charge < -0.3 is 0 Å². The van der Waals surface area contributed by atoms with Crippen LogP contribution in [0.25, 0.3) is 10.2 Å². The molecule has 0 bridgehead atoms. The van der Waals surface area contributed by atoms with Gasteiger partial charge in [0.15, 0.2) is 5.13 Å². The summed E-state index contributed by atoms with van der Waals surface area (Å²) < 4.78 is 27.9. The van der Waals surface area contributed by atoms with Crippen LogP contribution < -0.4 is 5.32 Å². The maximum Gasteiger partial charge on any atom is 0.257 e. The van der Waals surface area contributed by atoms with E-state index in [2.05, 4.69) is 10.3 Å². The van der Waals surface area contributed by atoms with E-state index in [1.165, 1.54) is 27.8 Å². The Morgan fingerprint density at radius 1 is 1.07 bits per heavy atom. The fourth-order valence-electron chi connectivity index (χ4n) is 3.29. The quantitative estimate of drug-likeness (QED) is 0.698. The van der Waals surface area contributed by atoms with Gasteiger partial charge in [0.1, 0.15) is 0 Å². The molecule has 1 aromatic heterocycles. The van der Waals surface area contributed by atoms with Crippen molar-refractivity contribution in [3.05, 3.63) is 53.6 Å². The SMILES string of the molecule is Cc1ccc2nc(NC(=O)c3ccc(S(=O)(=O)N4CCCCC4)cc3)sc2c1. The molecule has 0 saturated carbocycles. The molecule has 1 N–H and O–H groups in total. The van der Waals surface area contributed by atoms with E-state index < -0.39 is 10.0 Å². The fraction of sp³-hybridized carbons (Fsp3) is 0.300. The number of carbonyl (C=O) groups is 1. The van der Waals surface area contributed by atoms with E-state index in [-0.39, 0.29) is 10.8 Å². The lowest BCUT2D eigenvalue weighted by Gasteiger charge is -2.25. The van der Waals surface area contributed by atoms with Crippen LogP contribution >= 0.6 is 11.3 Å². The van der Waals surface area contributed by atoms with Crippen LogP contribution in [0, 0.1) is 6.92 Å². The smallest absolute Gasteiger partial charge is 0.257 e. The molecule has 0 atom stereocenters. The lowest BCUT2D eigenvalue weighted by molar-refractivity contribution is 0.102. The maximum absolute atomic E-state index is 12.7.